The maximum atomic E-state index is 13.5. The van der Waals surface area contributed by atoms with Crippen LogP contribution in [0.5, 0.6) is 0 Å². The minimum atomic E-state index is -3.72. The first kappa shape index (κ1) is 26.1. The van der Waals surface area contributed by atoms with E-state index in [0.717, 1.165) is 18.4 Å². The molecule has 0 saturated carbocycles. The molecule has 3 aromatic rings. The molecular weight excluding hydrogens is 478 g/mol. The number of hydrogen-bond acceptors (Lipinski definition) is 6. The zero-order chi connectivity index (χ0) is 25.5. The molecular formula is C27H33N3O5S. The molecule has 1 saturated heterocycles. The Labute approximate surface area is 212 Å². The number of carbonyl (C=O) groups excluding carboxylic acids is 1. The Kier molecular flexibility index (Phi) is 8.56. The highest BCUT2D eigenvalue weighted by Crippen LogP contribution is 2.21. The average Bonchev–Trinajstić information content (AvgIpc) is 3.53. The van der Waals surface area contributed by atoms with Crippen molar-refractivity contribution < 1.29 is 22.7 Å². The molecule has 0 aliphatic carbocycles. The Morgan fingerprint density at radius 1 is 1.17 bits per heavy atom. The maximum absolute atomic E-state index is 13.5. The van der Waals surface area contributed by atoms with Crippen LogP contribution in [0.1, 0.15) is 40.0 Å². The fraction of sp³-hybridized carbons (Fsp3) is 0.407. The summed E-state index contributed by atoms with van der Waals surface area (Å²) in [5, 5.41) is -0.0155. The highest BCUT2D eigenvalue weighted by molar-refractivity contribution is 7.90. The van der Waals surface area contributed by atoms with E-state index in [9.17, 15) is 13.2 Å². The standard InChI is InChI=1S/C27H33N3O5S/c1-21-10-12-23(13-11-21)26(31)29(19-25-9-6-15-35-25)18-24-17-28-27(30(24)14-16-34-2)36(32,33)20-22-7-4-3-5-8-22/h3-5,7-8,10-13,17,25H,6,9,14-16,18-20H2,1-2H3/t25-/m0/s1. The first-order valence-corrected chi connectivity index (χ1v) is 13.8. The molecule has 2 aromatic carbocycles. The van der Waals surface area contributed by atoms with Crippen LogP contribution in [0.3, 0.4) is 0 Å². The molecule has 0 spiro atoms. The number of aromatic nitrogens is 2. The van der Waals surface area contributed by atoms with E-state index in [4.69, 9.17) is 9.47 Å². The number of carbonyl (C=O) groups is 1. The van der Waals surface area contributed by atoms with E-state index in [1.54, 1.807) is 34.9 Å². The van der Waals surface area contributed by atoms with Crippen LogP contribution in [-0.2, 0) is 38.2 Å². The van der Waals surface area contributed by atoms with Gasteiger partial charge in [-0.1, -0.05) is 48.0 Å². The van der Waals surface area contributed by atoms with E-state index in [0.29, 0.717) is 43.1 Å². The summed E-state index contributed by atoms with van der Waals surface area (Å²) in [6, 6.07) is 16.5. The van der Waals surface area contributed by atoms with Gasteiger partial charge in [0.05, 0.1) is 36.9 Å². The first-order chi connectivity index (χ1) is 17.4. The smallest absolute Gasteiger partial charge is 0.254 e. The van der Waals surface area contributed by atoms with Gasteiger partial charge in [-0.3, -0.25) is 4.79 Å². The van der Waals surface area contributed by atoms with E-state index in [1.807, 2.05) is 49.4 Å². The molecule has 4 rings (SSSR count). The number of rotatable bonds is 11. The summed E-state index contributed by atoms with van der Waals surface area (Å²) < 4.78 is 39.4. The van der Waals surface area contributed by atoms with Crippen molar-refractivity contribution in [2.75, 3.05) is 26.9 Å². The van der Waals surface area contributed by atoms with Crippen molar-refractivity contribution in [1.82, 2.24) is 14.5 Å². The molecule has 9 heteroatoms. The number of amides is 1. The minimum Gasteiger partial charge on any atom is -0.383 e. The SMILES string of the molecule is COCCn1c(CN(C[C@@H]2CCCO2)C(=O)c2ccc(C)cc2)cnc1S(=O)(=O)Cc1ccccc1. The van der Waals surface area contributed by atoms with Gasteiger partial charge in [0, 0.05) is 32.4 Å². The Balaban J connectivity index is 1.64. The lowest BCUT2D eigenvalue weighted by Gasteiger charge is -2.26. The molecule has 0 N–H and O–H groups in total. The van der Waals surface area contributed by atoms with Gasteiger partial charge in [-0.15, -0.1) is 0 Å². The quantitative estimate of drug-likeness (QED) is 0.391. The first-order valence-electron chi connectivity index (χ1n) is 12.1. The molecule has 192 valence electrons. The summed E-state index contributed by atoms with van der Waals surface area (Å²) in [6.07, 6.45) is 3.36. The summed E-state index contributed by atoms with van der Waals surface area (Å²) in [5.41, 5.74) is 2.98. The largest absolute Gasteiger partial charge is 0.383 e. The lowest BCUT2D eigenvalue weighted by molar-refractivity contribution is 0.0500. The summed E-state index contributed by atoms with van der Waals surface area (Å²) >= 11 is 0. The van der Waals surface area contributed by atoms with Crippen LogP contribution in [0.15, 0.2) is 66.0 Å². The van der Waals surface area contributed by atoms with Gasteiger partial charge in [0.2, 0.25) is 15.0 Å². The maximum Gasteiger partial charge on any atom is 0.254 e. The summed E-state index contributed by atoms with van der Waals surface area (Å²) in [6.45, 7) is 3.92. The third-order valence-corrected chi connectivity index (χ3v) is 7.88. The fourth-order valence-corrected chi connectivity index (χ4v) is 5.89. The number of hydrogen-bond donors (Lipinski definition) is 0. The van der Waals surface area contributed by atoms with Crippen molar-refractivity contribution in [3.8, 4) is 0 Å². The van der Waals surface area contributed by atoms with Crippen LogP contribution in [0, 0.1) is 6.92 Å². The molecule has 1 aliphatic heterocycles. The molecule has 1 atom stereocenters. The third kappa shape index (κ3) is 6.40. The lowest BCUT2D eigenvalue weighted by atomic mass is 10.1. The van der Waals surface area contributed by atoms with Crippen molar-refractivity contribution in [2.24, 2.45) is 0 Å². The molecule has 36 heavy (non-hydrogen) atoms. The fourth-order valence-electron chi connectivity index (χ4n) is 4.37. The van der Waals surface area contributed by atoms with Gasteiger partial charge >= 0.3 is 0 Å². The van der Waals surface area contributed by atoms with Gasteiger partial charge < -0.3 is 18.9 Å². The van der Waals surface area contributed by atoms with Crippen molar-refractivity contribution in [2.45, 2.75) is 49.9 Å². The Hall–Kier alpha value is -3.01. The molecule has 8 nitrogen and oxygen atoms in total. The van der Waals surface area contributed by atoms with Crippen LogP contribution in [0.2, 0.25) is 0 Å². The molecule has 1 fully saturated rings. The number of nitrogens with zero attached hydrogens (tertiary/aromatic N) is 3. The molecule has 1 amide bonds. The normalized spacial score (nSPS) is 15.8. The molecule has 2 heterocycles. The van der Waals surface area contributed by atoms with Crippen molar-refractivity contribution >= 4 is 15.7 Å². The lowest BCUT2D eigenvalue weighted by Crippen LogP contribution is -2.37. The molecule has 0 radical (unpaired) electrons. The zero-order valence-corrected chi connectivity index (χ0v) is 21.6. The van der Waals surface area contributed by atoms with E-state index >= 15 is 0 Å². The molecule has 0 unspecified atom stereocenters. The van der Waals surface area contributed by atoms with E-state index in [2.05, 4.69) is 4.98 Å². The van der Waals surface area contributed by atoms with Crippen molar-refractivity contribution in [3.63, 3.8) is 0 Å². The van der Waals surface area contributed by atoms with Gasteiger partial charge in [0.15, 0.2) is 0 Å². The van der Waals surface area contributed by atoms with Crippen LogP contribution < -0.4 is 0 Å². The minimum absolute atomic E-state index is 0.0155. The number of ether oxygens (including phenoxy) is 2. The van der Waals surface area contributed by atoms with Crippen LogP contribution in [0.4, 0.5) is 0 Å². The Morgan fingerprint density at radius 3 is 2.58 bits per heavy atom. The molecule has 1 aromatic heterocycles. The topological polar surface area (TPSA) is 90.7 Å². The summed E-state index contributed by atoms with van der Waals surface area (Å²) in [4.78, 5) is 19.6. The number of imidazole rings is 1. The van der Waals surface area contributed by atoms with E-state index < -0.39 is 9.84 Å². The number of aryl methyl sites for hydroxylation is 1. The molecule has 0 bridgehead atoms. The van der Waals surface area contributed by atoms with Crippen LogP contribution >= 0.6 is 0 Å². The Bertz CT molecular complexity index is 1250. The van der Waals surface area contributed by atoms with Gasteiger partial charge in [0.25, 0.3) is 5.91 Å². The van der Waals surface area contributed by atoms with E-state index in [1.165, 1.54) is 0 Å². The summed E-state index contributed by atoms with van der Waals surface area (Å²) in [7, 11) is -2.15. The van der Waals surface area contributed by atoms with Gasteiger partial charge in [0.1, 0.15) is 0 Å². The second kappa shape index (κ2) is 11.8. The number of benzene rings is 2. The second-order valence-corrected chi connectivity index (χ2v) is 11.0. The van der Waals surface area contributed by atoms with Crippen molar-refractivity contribution in [1.29, 1.82) is 0 Å². The molecule has 1 aliphatic rings. The number of methoxy groups -OCH3 is 1. The van der Waals surface area contributed by atoms with Gasteiger partial charge in [-0.25, -0.2) is 13.4 Å². The highest BCUT2D eigenvalue weighted by Gasteiger charge is 2.28. The van der Waals surface area contributed by atoms with Crippen molar-refractivity contribution in [3.05, 3.63) is 83.2 Å². The predicted molar refractivity (Wildman–Crippen MR) is 136 cm³/mol. The predicted octanol–water partition coefficient (Wildman–Crippen LogP) is 3.63. The van der Waals surface area contributed by atoms with Crippen LogP contribution in [-0.4, -0.2) is 61.7 Å². The van der Waals surface area contributed by atoms with Gasteiger partial charge in [-0.2, -0.15) is 0 Å². The van der Waals surface area contributed by atoms with Crippen LogP contribution in [0.25, 0.3) is 0 Å². The average molecular weight is 512 g/mol. The zero-order valence-electron chi connectivity index (χ0n) is 20.8. The summed E-state index contributed by atoms with van der Waals surface area (Å²) in [5.74, 6) is -0.280. The highest BCUT2D eigenvalue weighted by atomic mass is 32.2. The number of sulfone groups is 1. The monoisotopic (exact) mass is 511 g/mol. The third-order valence-electron chi connectivity index (χ3n) is 6.28. The Morgan fingerprint density at radius 2 is 1.92 bits per heavy atom. The van der Waals surface area contributed by atoms with Gasteiger partial charge in [-0.05, 0) is 37.5 Å². The van der Waals surface area contributed by atoms with E-state index in [-0.39, 0.29) is 29.5 Å². The second-order valence-electron chi connectivity index (χ2n) is 9.11.